The Morgan fingerprint density at radius 3 is 2.45 bits per heavy atom. The van der Waals surface area contributed by atoms with Gasteiger partial charge in [-0.05, 0) is 29.8 Å². The van der Waals surface area contributed by atoms with Gasteiger partial charge in [0.05, 0.1) is 23.2 Å². The molecule has 0 aliphatic carbocycles. The third-order valence-corrected chi connectivity index (χ3v) is 4.50. The largest absolute Gasteiger partial charge is 0.416 e. The highest BCUT2D eigenvalue weighted by Crippen LogP contribution is 2.32. The third-order valence-electron chi connectivity index (χ3n) is 3.64. The first-order chi connectivity index (χ1) is 13.9. The molecular formula is C20H15F3N4OS. The minimum absolute atomic E-state index is 0.0200. The van der Waals surface area contributed by atoms with Crippen molar-refractivity contribution in [3.05, 3.63) is 84.2 Å². The number of hydrazone groups is 1. The van der Waals surface area contributed by atoms with Gasteiger partial charge >= 0.3 is 6.18 Å². The molecule has 0 saturated heterocycles. The quantitative estimate of drug-likeness (QED) is 0.254. The third kappa shape index (κ3) is 5.89. The lowest BCUT2D eigenvalue weighted by molar-refractivity contribution is -0.137. The molecule has 0 aliphatic rings. The maximum absolute atomic E-state index is 13.1. The van der Waals surface area contributed by atoms with Crippen molar-refractivity contribution in [2.75, 3.05) is 10.8 Å². The summed E-state index contributed by atoms with van der Waals surface area (Å²) in [5.41, 5.74) is -0.135. The van der Waals surface area contributed by atoms with Crippen molar-refractivity contribution in [3.63, 3.8) is 0 Å². The number of thioether (sulfide) groups is 1. The molecule has 0 unspecified atom stereocenters. The summed E-state index contributed by atoms with van der Waals surface area (Å²) in [5, 5.41) is 5.48. The van der Waals surface area contributed by atoms with Crippen LogP contribution in [0.3, 0.4) is 0 Å². The molecule has 5 nitrogen and oxygen atoms in total. The van der Waals surface area contributed by atoms with Crippen LogP contribution in [0.4, 0.5) is 18.9 Å². The molecule has 29 heavy (non-hydrogen) atoms. The van der Waals surface area contributed by atoms with E-state index in [2.05, 4.69) is 15.1 Å². The molecule has 1 amide bonds. The highest BCUT2D eigenvalue weighted by molar-refractivity contribution is 7.99. The van der Waals surface area contributed by atoms with Crippen LogP contribution in [0.2, 0.25) is 0 Å². The predicted molar refractivity (Wildman–Crippen MR) is 106 cm³/mol. The predicted octanol–water partition coefficient (Wildman–Crippen LogP) is 4.65. The van der Waals surface area contributed by atoms with Crippen LogP contribution in [0.1, 0.15) is 11.1 Å². The van der Waals surface area contributed by atoms with Crippen LogP contribution in [-0.4, -0.2) is 27.8 Å². The molecule has 0 spiro atoms. The van der Waals surface area contributed by atoms with Crippen molar-refractivity contribution in [1.29, 1.82) is 0 Å². The molecule has 148 valence electrons. The van der Waals surface area contributed by atoms with Gasteiger partial charge in [0.1, 0.15) is 0 Å². The van der Waals surface area contributed by atoms with Crippen molar-refractivity contribution in [2.45, 2.75) is 11.3 Å². The zero-order valence-electron chi connectivity index (χ0n) is 15.0. The lowest BCUT2D eigenvalue weighted by atomic mass is 10.2. The van der Waals surface area contributed by atoms with E-state index in [4.69, 9.17) is 0 Å². The zero-order chi connectivity index (χ0) is 20.7. The number of alkyl halides is 3. The van der Waals surface area contributed by atoms with Crippen LogP contribution < -0.4 is 5.01 Å². The number of nitrogens with zero attached hydrogens (tertiary/aromatic N) is 4. The number of rotatable bonds is 6. The number of anilines is 1. The normalized spacial score (nSPS) is 11.6. The molecule has 0 radical (unpaired) electrons. The van der Waals surface area contributed by atoms with E-state index >= 15 is 0 Å². The Labute approximate surface area is 169 Å². The second-order valence-corrected chi connectivity index (χ2v) is 6.67. The van der Waals surface area contributed by atoms with E-state index in [0.717, 1.165) is 28.9 Å². The highest BCUT2D eigenvalue weighted by atomic mass is 32.2. The van der Waals surface area contributed by atoms with Crippen LogP contribution in [0.5, 0.6) is 0 Å². The molecule has 0 bridgehead atoms. The van der Waals surface area contributed by atoms with Crippen LogP contribution in [-0.2, 0) is 11.0 Å². The fourth-order valence-electron chi connectivity index (χ4n) is 2.30. The summed E-state index contributed by atoms with van der Waals surface area (Å²) >= 11 is 1.07. The van der Waals surface area contributed by atoms with E-state index in [1.807, 2.05) is 6.07 Å². The first-order valence-electron chi connectivity index (χ1n) is 8.42. The topological polar surface area (TPSA) is 58.5 Å². The first-order valence-corrected chi connectivity index (χ1v) is 9.41. The van der Waals surface area contributed by atoms with Crippen molar-refractivity contribution >= 4 is 29.6 Å². The van der Waals surface area contributed by atoms with Gasteiger partial charge < -0.3 is 0 Å². The molecule has 2 aromatic carbocycles. The van der Waals surface area contributed by atoms with Gasteiger partial charge in [0.25, 0.3) is 5.91 Å². The summed E-state index contributed by atoms with van der Waals surface area (Å²) in [6.45, 7) is 0. The zero-order valence-corrected chi connectivity index (χ0v) is 15.8. The molecule has 0 atom stereocenters. The number of benzene rings is 2. The Kier molecular flexibility index (Phi) is 6.61. The molecule has 0 N–H and O–H groups in total. The molecular weight excluding hydrogens is 401 g/mol. The summed E-state index contributed by atoms with van der Waals surface area (Å²) < 4.78 is 39.3. The van der Waals surface area contributed by atoms with Crippen molar-refractivity contribution < 1.29 is 18.0 Å². The molecule has 1 aromatic heterocycles. The number of hydrogen-bond donors (Lipinski definition) is 0. The standard InChI is InChI=1S/C20H15F3N4OS/c21-20(22,23)16-8-4-9-17(12-16)27(26-13-15-6-2-1-3-7-15)18(28)14-29-19-24-10-5-11-25-19/h1-13H,14H2. The van der Waals surface area contributed by atoms with Crippen molar-refractivity contribution in [2.24, 2.45) is 5.10 Å². The Morgan fingerprint density at radius 2 is 1.76 bits per heavy atom. The summed E-state index contributed by atoms with van der Waals surface area (Å²) in [5.74, 6) is -0.596. The maximum Gasteiger partial charge on any atom is 0.416 e. The SMILES string of the molecule is O=C(CSc1ncccn1)N(N=Cc1ccccc1)c1cccc(C(F)(F)F)c1. The van der Waals surface area contributed by atoms with Crippen molar-refractivity contribution in [1.82, 2.24) is 9.97 Å². The van der Waals surface area contributed by atoms with Gasteiger partial charge in [0.2, 0.25) is 0 Å². The molecule has 3 aromatic rings. The average molecular weight is 416 g/mol. The second-order valence-electron chi connectivity index (χ2n) is 5.73. The van der Waals surface area contributed by atoms with E-state index in [1.165, 1.54) is 30.7 Å². The fraction of sp³-hybridized carbons (Fsp3) is 0.100. The smallest absolute Gasteiger partial charge is 0.272 e. The monoisotopic (exact) mass is 416 g/mol. The first kappa shape index (κ1) is 20.5. The molecule has 0 saturated carbocycles. The van der Waals surface area contributed by atoms with Crippen molar-refractivity contribution in [3.8, 4) is 0 Å². The number of carbonyl (C=O) groups excluding carboxylic acids is 1. The average Bonchev–Trinajstić information content (AvgIpc) is 2.73. The number of halogens is 3. The lowest BCUT2D eigenvalue weighted by Gasteiger charge is -2.18. The molecule has 0 fully saturated rings. The lowest BCUT2D eigenvalue weighted by Crippen LogP contribution is -2.28. The Hall–Kier alpha value is -3.20. The number of hydrogen-bond acceptors (Lipinski definition) is 5. The molecule has 3 rings (SSSR count). The van der Waals surface area contributed by atoms with Gasteiger partial charge in [-0.25, -0.2) is 15.0 Å². The molecule has 1 heterocycles. The van der Waals surface area contributed by atoms with Gasteiger partial charge in [0, 0.05) is 12.4 Å². The van der Waals surface area contributed by atoms with E-state index in [9.17, 15) is 18.0 Å². The molecule has 9 heteroatoms. The Morgan fingerprint density at radius 1 is 1.03 bits per heavy atom. The summed E-state index contributed by atoms with van der Waals surface area (Å²) in [7, 11) is 0. The van der Waals surface area contributed by atoms with Crippen LogP contribution in [0.15, 0.2) is 83.3 Å². The maximum atomic E-state index is 13.1. The second kappa shape index (κ2) is 9.33. The fourth-order valence-corrected chi connectivity index (χ4v) is 2.95. The van der Waals surface area contributed by atoms with Gasteiger partial charge in [-0.2, -0.15) is 18.3 Å². The molecule has 0 aliphatic heterocycles. The summed E-state index contributed by atoms with van der Waals surface area (Å²) in [4.78, 5) is 20.8. The summed E-state index contributed by atoms with van der Waals surface area (Å²) in [6, 6.07) is 15.1. The number of aromatic nitrogens is 2. The van der Waals surface area contributed by atoms with E-state index in [-0.39, 0.29) is 11.4 Å². The van der Waals surface area contributed by atoms with E-state index < -0.39 is 17.6 Å². The minimum atomic E-state index is -4.53. The van der Waals surface area contributed by atoms with Gasteiger partial charge in [-0.15, -0.1) is 0 Å². The summed E-state index contributed by atoms with van der Waals surface area (Å²) in [6.07, 6.45) is -0.0295. The van der Waals surface area contributed by atoms with Crippen LogP contribution in [0, 0.1) is 0 Å². The van der Waals surface area contributed by atoms with Gasteiger partial charge in [0.15, 0.2) is 5.16 Å². The van der Waals surface area contributed by atoms with E-state index in [1.54, 1.807) is 30.3 Å². The number of carbonyl (C=O) groups is 1. The van der Waals surface area contributed by atoms with Crippen LogP contribution >= 0.6 is 11.8 Å². The van der Waals surface area contributed by atoms with Crippen LogP contribution in [0.25, 0.3) is 0 Å². The van der Waals surface area contributed by atoms with Gasteiger partial charge in [-0.3, -0.25) is 4.79 Å². The Bertz CT molecular complexity index is 982. The Balaban J connectivity index is 1.87. The number of amides is 1. The van der Waals surface area contributed by atoms with E-state index in [0.29, 0.717) is 10.7 Å². The minimum Gasteiger partial charge on any atom is -0.272 e. The highest BCUT2D eigenvalue weighted by Gasteiger charge is 2.31. The van der Waals surface area contributed by atoms with Gasteiger partial charge in [-0.1, -0.05) is 48.2 Å².